The Morgan fingerprint density at radius 3 is 0.895 bits per heavy atom. The van der Waals surface area contributed by atoms with Gasteiger partial charge in [0.1, 0.15) is 20.2 Å². The number of hydrogen-bond donors (Lipinski definition) is 0. The van der Waals surface area contributed by atoms with Gasteiger partial charge in [0.05, 0.1) is 58.5 Å². The largest absolute Gasteiger partial charge is 2.00 e. The fourth-order valence-electron chi connectivity index (χ4n) is 4.99. The summed E-state index contributed by atoms with van der Waals surface area (Å²) in [6.45, 7) is 17.0. The second-order valence-corrected chi connectivity index (χ2v) is 17.8. The van der Waals surface area contributed by atoms with Gasteiger partial charge in [-0.1, -0.05) is 55.4 Å². The molecule has 0 radical (unpaired) electrons. The van der Waals surface area contributed by atoms with Gasteiger partial charge in [-0.25, -0.2) is 36.0 Å². The maximum Gasteiger partial charge on any atom is 2.00 e. The molecule has 0 atom stereocenters. The molecule has 57 heavy (non-hydrogen) atoms. The van der Waals surface area contributed by atoms with Gasteiger partial charge in [0.15, 0.2) is 0 Å². The van der Waals surface area contributed by atoms with Crippen molar-refractivity contribution in [2.24, 2.45) is 23.7 Å². The summed E-state index contributed by atoms with van der Waals surface area (Å²) in [5.74, 6) is -1.39. The summed E-state index contributed by atoms with van der Waals surface area (Å²) < 4.78 is 88.3. The van der Waals surface area contributed by atoms with Crippen LogP contribution in [-0.2, 0) is 39.2 Å². The summed E-state index contributed by atoms with van der Waals surface area (Å²) >= 11 is 0. The van der Waals surface area contributed by atoms with Gasteiger partial charge in [-0.05, 0) is 111 Å². The van der Waals surface area contributed by atoms with Gasteiger partial charge < -0.3 is 28.1 Å². The number of benzene rings is 2. The molecule has 2 aromatic rings. The van der Waals surface area contributed by atoms with Crippen LogP contribution in [0.1, 0.15) is 148 Å². The maximum absolute atomic E-state index is 12.4. The number of ether oxygens (including phenoxy) is 4. The predicted octanol–water partition coefficient (Wildman–Crippen LogP) is 7.17. The quantitative estimate of drug-likeness (QED) is 0.0376. The van der Waals surface area contributed by atoms with Gasteiger partial charge in [-0.2, -0.15) is 0 Å². The van der Waals surface area contributed by atoms with Crippen LogP contribution in [0.5, 0.6) is 0 Å². The van der Waals surface area contributed by atoms with Crippen molar-refractivity contribution in [3.8, 4) is 0 Å². The van der Waals surface area contributed by atoms with Gasteiger partial charge in [0.25, 0.3) is 0 Å². The van der Waals surface area contributed by atoms with Crippen molar-refractivity contribution in [1.82, 2.24) is 0 Å². The van der Waals surface area contributed by atoms with E-state index in [-0.39, 0.29) is 97.6 Å². The average molecular weight is 964 g/mol. The summed E-state index contributed by atoms with van der Waals surface area (Å²) in [7, 11) is -9.56. The smallest absolute Gasteiger partial charge is 0.744 e. The SMILES string of the molecule is CC(C)CCCOC(=O)c1ccc(S(=O)(=O)[O-])cc1C(=O)OCCCC(C)C.CC(C)CCCOC(=O)c1ccc(S(=O)(=O)[O-])cc1C(=O)OCCCC(C)C.[Ba+2]. The van der Waals surface area contributed by atoms with E-state index in [2.05, 4.69) is 27.7 Å². The van der Waals surface area contributed by atoms with Crippen molar-refractivity contribution in [2.45, 2.75) is 117 Å². The van der Waals surface area contributed by atoms with E-state index in [0.29, 0.717) is 49.4 Å². The molecule has 0 saturated carbocycles. The Bertz CT molecular complexity index is 1670. The van der Waals surface area contributed by atoms with Crippen molar-refractivity contribution >= 4 is 93.0 Å². The van der Waals surface area contributed by atoms with E-state index < -0.39 is 53.9 Å². The van der Waals surface area contributed by atoms with Crippen LogP contribution >= 0.6 is 0 Å². The molecule has 0 aromatic heterocycles. The van der Waals surface area contributed by atoms with Crippen molar-refractivity contribution in [1.29, 1.82) is 0 Å². The van der Waals surface area contributed by atoms with Crippen LogP contribution in [-0.4, -0.2) is 125 Å². The molecule has 0 bridgehead atoms. The van der Waals surface area contributed by atoms with Crippen LogP contribution in [0.15, 0.2) is 46.2 Å². The zero-order valence-corrected chi connectivity index (χ0v) is 40.6. The topological polar surface area (TPSA) is 220 Å². The first-order chi connectivity index (χ1) is 26.0. The Hall–Kier alpha value is -2.29. The molecule has 0 fully saturated rings. The van der Waals surface area contributed by atoms with Crippen LogP contribution in [0.3, 0.4) is 0 Å². The molecule has 0 aliphatic rings. The number of carbonyl (C=O) groups is 4. The molecule has 2 aromatic carbocycles. The van der Waals surface area contributed by atoms with Crippen molar-refractivity contribution in [3.05, 3.63) is 58.7 Å². The molecule has 14 nitrogen and oxygen atoms in total. The minimum Gasteiger partial charge on any atom is -0.744 e. The molecule has 0 aliphatic carbocycles. The third-order valence-electron chi connectivity index (χ3n) is 8.07. The molecule has 0 heterocycles. The molecule has 0 aliphatic heterocycles. The monoisotopic (exact) mass is 964 g/mol. The zero-order valence-electron chi connectivity index (χ0n) is 34.5. The summed E-state index contributed by atoms with van der Waals surface area (Å²) in [6.07, 6.45) is 6.09. The maximum atomic E-state index is 12.4. The van der Waals surface area contributed by atoms with Crippen LogP contribution < -0.4 is 0 Å². The van der Waals surface area contributed by atoms with Gasteiger partial charge in [-0.15, -0.1) is 0 Å². The minimum atomic E-state index is -4.78. The van der Waals surface area contributed by atoms with E-state index in [1.807, 2.05) is 27.7 Å². The van der Waals surface area contributed by atoms with E-state index in [0.717, 1.165) is 62.1 Å². The van der Waals surface area contributed by atoms with Crippen molar-refractivity contribution in [3.63, 3.8) is 0 Å². The summed E-state index contributed by atoms with van der Waals surface area (Å²) in [5.41, 5.74) is -0.803. The Labute approximate surface area is 379 Å². The fourth-order valence-corrected chi connectivity index (χ4v) is 5.98. The van der Waals surface area contributed by atoms with E-state index >= 15 is 0 Å². The van der Waals surface area contributed by atoms with Crippen LogP contribution in [0, 0.1) is 23.7 Å². The second kappa shape index (κ2) is 27.5. The molecule has 0 saturated heterocycles. The Morgan fingerprint density at radius 1 is 0.456 bits per heavy atom. The van der Waals surface area contributed by atoms with E-state index in [1.165, 1.54) is 0 Å². The number of rotatable bonds is 22. The molecule has 0 N–H and O–H groups in total. The molecular weight excluding hydrogens is 906 g/mol. The first-order valence-corrected chi connectivity index (χ1v) is 21.7. The first-order valence-electron chi connectivity index (χ1n) is 18.9. The zero-order chi connectivity index (χ0) is 42.6. The number of hydrogen-bond acceptors (Lipinski definition) is 14. The Kier molecular flexibility index (Phi) is 26.4. The van der Waals surface area contributed by atoms with E-state index in [1.54, 1.807) is 0 Å². The van der Waals surface area contributed by atoms with Gasteiger partial charge in [0, 0.05) is 0 Å². The minimum absolute atomic E-state index is 0. The molecule has 0 amide bonds. The van der Waals surface area contributed by atoms with E-state index in [9.17, 15) is 45.1 Å². The van der Waals surface area contributed by atoms with Gasteiger partial charge in [0.2, 0.25) is 0 Å². The fraction of sp³-hybridized carbons (Fsp3) is 0.600. The van der Waals surface area contributed by atoms with Crippen LogP contribution in [0.4, 0.5) is 0 Å². The Balaban J connectivity index is 0.00000108. The summed E-state index contributed by atoms with van der Waals surface area (Å²) in [5, 5.41) is 0. The first kappa shape index (κ1) is 54.7. The Morgan fingerprint density at radius 2 is 0.684 bits per heavy atom. The van der Waals surface area contributed by atoms with Gasteiger partial charge >= 0.3 is 72.8 Å². The number of carbonyl (C=O) groups excluding carboxylic acids is 4. The average Bonchev–Trinajstić information content (AvgIpc) is 3.10. The third-order valence-corrected chi connectivity index (χ3v) is 9.74. The van der Waals surface area contributed by atoms with E-state index in [4.69, 9.17) is 18.9 Å². The van der Waals surface area contributed by atoms with Crippen LogP contribution in [0.2, 0.25) is 0 Å². The van der Waals surface area contributed by atoms with Crippen LogP contribution in [0.25, 0.3) is 0 Å². The molecule has 0 unspecified atom stereocenters. The van der Waals surface area contributed by atoms with Crippen molar-refractivity contribution < 1.29 is 64.1 Å². The van der Waals surface area contributed by atoms with Crippen molar-refractivity contribution in [2.75, 3.05) is 26.4 Å². The molecule has 17 heteroatoms. The second-order valence-electron chi connectivity index (χ2n) is 15.0. The summed E-state index contributed by atoms with van der Waals surface area (Å²) in [4.78, 5) is 48.2. The molecule has 2 rings (SSSR count). The third kappa shape index (κ3) is 22.6. The molecule has 316 valence electrons. The number of esters is 4. The van der Waals surface area contributed by atoms with Gasteiger partial charge in [-0.3, -0.25) is 0 Å². The standard InChI is InChI=1S/2C20H30O7S.Ba/c2*1-14(2)7-5-11-26-19(21)17-10-9-16(28(23,24)25)13-18(17)20(22)27-12-6-8-15(3)4;/h2*9-10,13-15H,5-8,11-12H2,1-4H3,(H,23,24,25);/q;;+2/p-2. The predicted molar refractivity (Wildman–Crippen MR) is 212 cm³/mol. The molecular formula is C40H58BaO14S2. The molecule has 0 spiro atoms. The summed E-state index contributed by atoms with van der Waals surface area (Å²) in [6, 6.07) is 5.95. The normalized spacial score (nSPS) is 11.5.